The van der Waals surface area contributed by atoms with Crippen molar-refractivity contribution in [2.45, 2.75) is 6.61 Å². The maximum absolute atomic E-state index is 5.61. The molecule has 0 amide bonds. The number of rotatable bonds is 4. The molecule has 2 aromatic heterocycles. The van der Waals surface area contributed by atoms with Crippen molar-refractivity contribution in [3.05, 3.63) is 51.5 Å². The molecule has 0 N–H and O–H groups in total. The number of hydrogen-bond acceptors (Lipinski definition) is 5. The molecule has 0 unspecified atom stereocenters. The number of para-hydroxylation sites is 1. The third-order valence-corrected chi connectivity index (χ3v) is 3.77. The molecule has 0 atom stereocenters. The van der Waals surface area contributed by atoms with Gasteiger partial charge in [-0.1, -0.05) is 17.3 Å². The fraction of sp³-hybridized carbons (Fsp3) is 0.0769. The lowest BCUT2D eigenvalue weighted by molar-refractivity contribution is 0.242. The molecule has 6 heteroatoms. The van der Waals surface area contributed by atoms with Crippen LogP contribution in [0, 0.1) is 0 Å². The van der Waals surface area contributed by atoms with Gasteiger partial charge in [0.1, 0.15) is 5.75 Å². The Kier molecular flexibility index (Phi) is 3.61. The molecule has 4 nitrogen and oxygen atoms in total. The van der Waals surface area contributed by atoms with Crippen LogP contribution in [0.3, 0.4) is 0 Å². The van der Waals surface area contributed by atoms with Crippen molar-refractivity contribution in [3.63, 3.8) is 0 Å². The van der Waals surface area contributed by atoms with E-state index >= 15 is 0 Å². The molecule has 0 radical (unpaired) electrons. The lowest BCUT2D eigenvalue weighted by Crippen LogP contribution is -1.96. The Labute approximate surface area is 122 Å². The second-order valence-corrected chi connectivity index (χ2v) is 5.38. The quantitative estimate of drug-likeness (QED) is 0.718. The molecule has 0 bridgehead atoms. The van der Waals surface area contributed by atoms with Gasteiger partial charge < -0.3 is 9.26 Å². The molecule has 0 spiro atoms. The maximum Gasteiger partial charge on any atom is 0.264 e. The van der Waals surface area contributed by atoms with E-state index in [2.05, 4.69) is 26.1 Å². The smallest absolute Gasteiger partial charge is 0.264 e. The zero-order valence-electron chi connectivity index (χ0n) is 9.75. The Balaban J connectivity index is 1.70. The van der Waals surface area contributed by atoms with Crippen LogP contribution in [0.2, 0.25) is 0 Å². The summed E-state index contributed by atoms with van der Waals surface area (Å²) in [4.78, 5) is 4.29. The number of nitrogens with zero attached hydrogens (tertiary/aromatic N) is 2. The van der Waals surface area contributed by atoms with Gasteiger partial charge in [-0.25, -0.2) is 0 Å². The Hall–Kier alpha value is -1.66. The summed E-state index contributed by atoms with van der Waals surface area (Å²) in [6, 6.07) is 9.58. The highest BCUT2D eigenvalue weighted by Crippen LogP contribution is 2.25. The first-order valence-electron chi connectivity index (χ1n) is 5.55. The number of benzene rings is 1. The van der Waals surface area contributed by atoms with Gasteiger partial charge in [-0.2, -0.15) is 16.3 Å². The Bertz CT molecular complexity index is 667. The molecule has 19 heavy (non-hydrogen) atoms. The second-order valence-electron chi connectivity index (χ2n) is 3.74. The van der Waals surface area contributed by atoms with E-state index < -0.39 is 0 Å². The third kappa shape index (κ3) is 2.85. The van der Waals surface area contributed by atoms with E-state index in [1.807, 2.05) is 41.1 Å². The lowest BCUT2D eigenvalue weighted by atomic mass is 10.3. The van der Waals surface area contributed by atoms with Crippen LogP contribution in [0.4, 0.5) is 0 Å². The van der Waals surface area contributed by atoms with Crippen LogP contribution >= 0.6 is 27.3 Å². The molecule has 0 aliphatic carbocycles. The van der Waals surface area contributed by atoms with Crippen molar-refractivity contribution in [2.75, 3.05) is 0 Å². The summed E-state index contributed by atoms with van der Waals surface area (Å²) in [5.74, 6) is 1.79. The summed E-state index contributed by atoms with van der Waals surface area (Å²) in [6.07, 6.45) is 0. The maximum atomic E-state index is 5.61. The fourth-order valence-corrected chi connectivity index (χ4v) is 2.56. The van der Waals surface area contributed by atoms with Crippen LogP contribution in [0.5, 0.6) is 5.75 Å². The molecular formula is C13H9BrN2O2S. The van der Waals surface area contributed by atoms with Crippen LogP contribution in [-0.4, -0.2) is 10.1 Å². The fourth-order valence-electron chi connectivity index (χ4n) is 1.52. The lowest BCUT2D eigenvalue weighted by Gasteiger charge is -2.04. The molecule has 1 aromatic carbocycles. The second kappa shape index (κ2) is 5.54. The van der Waals surface area contributed by atoms with E-state index in [9.17, 15) is 0 Å². The van der Waals surface area contributed by atoms with Crippen LogP contribution in [-0.2, 0) is 6.61 Å². The number of halogens is 1. The minimum absolute atomic E-state index is 0.250. The molecular weight excluding hydrogens is 328 g/mol. The number of ether oxygens (including phenoxy) is 1. The van der Waals surface area contributed by atoms with Gasteiger partial charge in [0.2, 0.25) is 5.82 Å². The first-order valence-corrected chi connectivity index (χ1v) is 7.29. The SMILES string of the molecule is Brc1ccccc1OCc1nc(-c2ccsc2)no1. The molecule has 2 heterocycles. The van der Waals surface area contributed by atoms with Gasteiger partial charge >= 0.3 is 0 Å². The highest BCUT2D eigenvalue weighted by atomic mass is 79.9. The summed E-state index contributed by atoms with van der Waals surface area (Å²) in [7, 11) is 0. The summed E-state index contributed by atoms with van der Waals surface area (Å²) < 4.78 is 11.7. The predicted octanol–water partition coefficient (Wildman–Crippen LogP) is 4.14. The minimum atomic E-state index is 0.250. The largest absolute Gasteiger partial charge is 0.483 e. The van der Waals surface area contributed by atoms with Crippen LogP contribution in [0.1, 0.15) is 5.89 Å². The van der Waals surface area contributed by atoms with Crippen molar-refractivity contribution in [3.8, 4) is 17.1 Å². The minimum Gasteiger partial charge on any atom is -0.483 e. The number of thiophene rings is 1. The van der Waals surface area contributed by atoms with Crippen molar-refractivity contribution in [2.24, 2.45) is 0 Å². The zero-order chi connectivity index (χ0) is 13.1. The normalized spacial score (nSPS) is 10.6. The first-order chi connectivity index (χ1) is 9.33. The summed E-state index contributed by atoms with van der Waals surface area (Å²) >= 11 is 5.01. The summed E-state index contributed by atoms with van der Waals surface area (Å²) in [5.41, 5.74) is 0.959. The zero-order valence-corrected chi connectivity index (χ0v) is 12.1. The van der Waals surface area contributed by atoms with Gasteiger partial charge in [-0.05, 0) is 39.5 Å². The Morgan fingerprint density at radius 2 is 2.16 bits per heavy atom. The molecule has 0 fully saturated rings. The Morgan fingerprint density at radius 3 is 2.95 bits per heavy atom. The summed E-state index contributed by atoms with van der Waals surface area (Å²) in [6.45, 7) is 0.250. The molecule has 0 aliphatic heterocycles. The van der Waals surface area contributed by atoms with Crippen molar-refractivity contribution < 1.29 is 9.26 Å². The number of aromatic nitrogens is 2. The monoisotopic (exact) mass is 336 g/mol. The third-order valence-electron chi connectivity index (χ3n) is 2.44. The van der Waals surface area contributed by atoms with E-state index in [1.165, 1.54) is 0 Å². The average molecular weight is 337 g/mol. The topological polar surface area (TPSA) is 48.2 Å². The van der Waals surface area contributed by atoms with Crippen molar-refractivity contribution in [1.29, 1.82) is 0 Å². The molecule has 3 aromatic rings. The molecule has 0 aliphatic rings. The predicted molar refractivity (Wildman–Crippen MR) is 76.1 cm³/mol. The van der Waals surface area contributed by atoms with Crippen molar-refractivity contribution >= 4 is 27.3 Å². The van der Waals surface area contributed by atoms with Gasteiger partial charge in [0.15, 0.2) is 6.61 Å². The van der Waals surface area contributed by atoms with E-state index in [0.717, 1.165) is 15.8 Å². The average Bonchev–Trinajstić information content (AvgIpc) is 3.09. The highest BCUT2D eigenvalue weighted by molar-refractivity contribution is 9.10. The van der Waals surface area contributed by atoms with Crippen LogP contribution < -0.4 is 4.74 Å². The number of hydrogen-bond donors (Lipinski definition) is 0. The Morgan fingerprint density at radius 1 is 1.26 bits per heavy atom. The van der Waals surface area contributed by atoms with Gasteiger partial charge in [-0.3, -0.25) is 0 Å². The molecule has 0 saturated heterocycles. The van der Waals surface area contributed by atoms with E-state index in [0.29, 0.717) is 11.7 Å². The van der Waals surface area contributed by atoms with Crippen LogP contribution in [0.25, 0.3) is 11.4 Å². The molecule has 0 saturated carbocycles. The van der Waals surface area contributed by atoms with Gasteiger partial charge in [0, 0.05) is 10.9 Å². The van der Waals surface area contributed by atoms with Gasteiger partial charge in [0.25, 0.3) is 5.89 Å². The van der Waals surface area contributed by atoms with Crippen LogP contribution in [0.15, 0.2) is 50.1 Å². The van der Waals surface area contributed by atoms with E-state index in [-0.39, 0.29) is 6.61 Å². The van der Waals surface area contributed by atoms with Gasteiger partial charge in [-0.15, -0.1) is 0 Å². The van der Waals surface area contributed by atoms with Crippen molar-refractivity contribution in [1.82, 2.24) is 10.1 Å². The highest BCUT2D eigenvalue weighted by Gasteiger charge is 2.10. The van der Waals surface area contributed by atoms with E-state index in [4.69, 9.17) is 9.26 Å². The standard InChI is InChI=1S/C13H9BrN2O2S/c14-10-3-1-2-4-11(10)17-7-12-15-13(16-18-12)9-5-6-19-8-9/h1-6,8H,7H2. The van der Waals surface area contributed by atoms with Gasteiger partial charge in [0.05, 0.1) is 4.47 Å². The molecule has 96 valence electrons. The molecule has 3 rings (SSSR count). The van der Waals surface area contributed by atoms with E-state index in [1.54, 1.807) is 11.3 Å². The first kappa shape index (κ1) is 12.4. The summed E-state index contributed by atoms with van der Waals surface area (Å²) in [5, 5.41) is 7.87.